The molecule has 0 amide bonds. The standard InChI is InChI=1S/2CH4.5Ga.2GeH4.Zn.15H/h2*1H4;;;;;;2*1H4;;;;;;;;;;;;;;;;. The molecular formula is C2H31Ga5Ge2Zn. The van der Waals surface area contributed by atoms with E-state index < -0.39 is 0 Å². The number of hydrogen-bond donors (Lipinski definition) is 0. The molecule has 8 heteroatoms. The first-order valence-corrected chi connectivity index (χ1v) is 0. The first kappa shape index (κ1) is 120. The summed E-state index contributed by atoms with van der Waals surface area (Å²) in [4.78, 5) is 0. The smallest absolute Gasteiger partial charge is 0 e. The molecule has 0 aromatic carbocycles. The van der Waals surface area contributed by atoms with E-state index in [4.69, 9.17) is 0 Å². The Morgan fingerprint density at radius 3 is 0.400 bits per heavy atom. The van der Waals surface area contributed by atoms with Gasteiger partial charge in [0.15, 0.2) is 0 Å². The van der Waals surface area contributed by atoms with Gasteiger partial charge in [-0.15, -0.1) is 0 Å². The molecule has 0 aliphatic heterocycles. The van der Waals surface area contributed by atoms with Crippen LogP contribution in [-0.4, -0.2) is 134 Å². The van der Waals surface area contributed by atoms with Gasteiger partial charge in [-0.2, -0.15) is 0 Å². The molecule has 0 atom stereocenters. The van der Waals surface area contributed by atoms with Crippen LogP contribution in [0.25, 0.3) is 0 Å². The number of rotatable bonds is 0. The Balaban J connectivity index is 0. The van der Waals surface area contributed by atoms with Crippen molar-refractivity contribution in [3.63, 3.8) is 0 Å². The van der Waals surface area contributed by atoms with Crippen LogP contribution < -0.4 is 0 Å². The molecule has 0 bridgehead atoms. The second kappa shape index (κ2) is 96.5. The molecule has 0 N–H and O–H groups in total. The molecule has 0 saturated heterocycles. The van der Waals surface area contributed by atoms with Crippen LogP contribution in [-0.2, 0) is 19.5 Å². The molecule has 0 heterocycles. The molecular weight excluding hydrogens is 583 g/mol. The van der Waals surface area contributed by atoms with E-state index in [0.717, 1.165) is 0 Å². The van der Waals surface area contributed by atoms with Gasteiger partial charge in [-0.05, 0) is 0 Å². The van der Waals surface area contributed by atoms with E-state index in [9.17, 15) is 0 Å². The minimum Gasteiger partial charge on any atom is 0 e. The number of hydrogen-bond acceptors (Lipinski definition) is 0. The van der Waals surface area contributed by atoms with Gasteiger partial charge in [0.2, 0.25) is 0 Å². The Kier molecular flexibility index (Phi) is 1160. The molecule has 0 unspecified atom stereocenters. The third kappa shape index (κ3) is 76.2. The SMILES string of the molecule is C.C.[GaH3].[GaH3].[GaH3].[GaH3].[GaH3].[GeH4].[GeH4].[Zn]. The molecule has 0 nitrogen and oxygen atoms in total. The normalized spacial score (nSPS) is 0. The van der Waals surface area contributed by atoms with Crippen molar-refractivity contribution in [3.05, 3.63) is 0 Å². The van der Waals surface area contributed by atoms with E-state index >= 15 is 0 Å². The van der Waals surface area contributed by atoms with E-state index in [1.54, 1.807) is 0 Å². The van der Waals surface area contributed by atoms with Crippen LogP contribution in [0, 0.1) is 0 Å². The maximum Gasteiger partial charge on any atom is 0 e. The van der Waals surface area contributed by atoms with E-state index in [1.807, 2.05) is 0 Å². The molecule has 0 fully saturated rings. The third-order valence-corrected chi connectivity index (χ3v) is 0. The van der Waals surface area contributed by atoms with Crippen molar-refractivity contribution in [2.75, 3.05) is 0 Å². The predicted octanol–water partition coefficient (Wildman–Crippen LogP) is -7.55. The fourth-order valence-electron chi connectivity index (χ4n) is 0. The maximum atomic E-state index is 0. The van der Waals surface area contributed by atoms with Crippen LogP contribution >= 0.6 is 0 Å². The molecule has 0 aliphatic rings. The van der Waals surface area contributed by atoms with Gasteiger partial charge in [-0.3, -0.25) is 0 Å². The quantitative estimate of drug-likeness (QED) is 0.238. The Hall–Kier alpha value is 4.89. The zero-order valence-electron chi connectivity index (χ0n) is 0.707. The predicted molar refractivity (Wildman–Crippen MR) is 85.8 cm³/mol. The second-order valence-electron chi connectivity index (χ2n) is 0. The molecule has 0 aromatic heterocycles. The molecule has 64 valence electrons. The second-order valence-corrected chi connectivity index (χ2v) is 0. The minimum absolute atomic E-state index is 0. The van der Waals surface area contributed by atoms with Crippen LogP contribution in [0.4, 0.5) is 0 Å². The van der Waals surface area contributed by atoms with Crippen LogP contribution in [0.5, 0.6) is 0 Å². The Morgan fingerprint density at radius 1 is 0.400 bits per heavy atom. The summed E-state index contributed by atoms with van der Waals surface area (Å²) in [5.41, 5.74) is 0. The molecule has 10 heavy (non-hydrogen) atoms. The Labute approximate surface area is 165 Å². The average Bonchev–Trinajstić information content (AvgIpc) is 0. The molecule has 0 aliphatic carbocycles. The van der Waals surface area contributed by atoms with Gasteiger partial charge in [-0.1, -0.05) is 14.9 Å². The van der Waals surface area contributed by atoms with Crippen LogP contribution in [0.2, 0.25) is 0 Å². The molecule has 0 aromatic rings. The zero-order valence-corrected chi connectivity index (χ0v) is 3.67. The molecule has 0 spiro atoms. The summed E-state index contributed by atoms with van der Waals surface area (Å²) in [6.07, 6.45) is 0. The summed E-state index contributed by atoms with van der Waals surface area (Å²) in [7, 11) is 0. The molecule has 0 radical (unpaired) electrons. The molecule has 0 rings (SSSR count). The van der Waals surface area contributed by atoms with Crippen LogP contribution in [0.1, 0.15) is 14.9 Å². The first-order valence-electron chi connectivity index (χ1n) is 0. The van der Waals surface area contributed by atoms with E-state index in [-0.39, 0.29) is 168 Å². The first-order chi connectivity index (χ1) is 0. The Morgan fingerprint density at radius 2 is 0.400 bits per heavy atom. The van der Waals surface area contributed by atoms with Crippen LogP contribution in [0.3, 0.4) is 0 Å². The summed E-state index contributed by atoms with van der Waals surface area (Å²) in [5.74, 6) is 0. The van der Waals surface area contributed by atoms with Crippen LogP contribution in [0.15, 0.2) is 0 Å². The van der Waals surface area contributed by atoms with Crippen molar-refractivity contribution >= 4 is 134 Å². The van der Waals surface area contributed by atoms with Crippen molar-refractivity contribution < 1.29 is 19.5 Å². The largest absolute Gasteiger partial charge is 0 e. The van der Waals surface area contributed by atoms with E-state index in [1.165, 1.54) is 0 Å². The van der Waals surface area contributed by atoms with Gasteiger partial charge in [0.05, 0.1) is 0 Å². The summed E-state index contributed by atoms with van der Waals surface area (Å²) < 4.78 is 0. The van der Waals surface area contributed by atoms with Crippen molar-refractivity contribution in [3.8, 4) is 0 Å². The Bertz CT molecular complexity index is 17.6. The van der Waals surface area contributed by atoms with E-state index in [0.29, 0.717) is 0 Å². The van der Waals surface area contributed by atoms with Gasteiger partial charge in [0, 0.05) is 19.5 Å². The summed E-state index contributed by atoms with van der Waals surface area (Å²) >= 11 is 0. The van der Waals surface area contributed by atoms with Gasteiger partial charge in [0.25, 0.3) is 0 Å². The van der Waals surface area contributed by atoms with Crippen molar-refractivity contribution in [1.29, 1.82) is 0 Å². The topological polar surface area (TPSA) is 0 Å². The monoisotopic (exact) mass is 612 g/mol. The third-order valence-electron chi connectivity index (χ3n) is 0. The van der Waals surface area contributed by atoms with E-state index in [2.05, 4.69) is 0 Å². The minimum atomic E-state index is 0. The molecule has 0 saturated carbocycles. The van der Waals surface area contributed by atoms with Gasteiger partial charge in [-0.25, -0.2) is 0 Å². The average molecular weight is 614 g/mol. The van der Waals surface area contributed by atoms with Gasteiger partial charge >= 0.3 is 134 Å². The van der Waals surface area contributed by atoms with Gasteiger partial charge < -0.3 is 0 Å². The maximum absolute atomic E-state index is 0. The summed E-state index contributed by atoms with van der Waals surface area (Å²) in [6, 6.07) is 0. The van der Waals surface area contributed by atoms with Crippen molar-refractivity contribution in [2.24, 2.45) is 0 Å². The summed E-state index contributed by atoms with van der Waals surface area (Å²) in [6.45, 7) is 0. The van der Waals surface area contributed by atoms with Gasteiger partial charge in [0.1, 0.15) is 0 Å². The zero-order chi connectivity index (χ0) is 0. The fraction of sp³-hybridized carbons (Fsp3) is 1.00. The van der Waals surface area contributed by atoms with Crippen molar-refractivity contribution in [1.82, 2.24) is 0 Å². The van der Waals surface area contributed by atoms with Crippen molar-refractivity contribution in [2.45, 2.75) is 14.9 Å². The summed E-state index contributed by atoms with van der Waals surface area (Å²) in [5, 5.41) is 0. The fourth-order valence-corrected chi connectivity index (χ4v) is 0.